The van der Waals surface area contributed by atoms with E-state index in [0.717, 1.165) is 12.8 Å². The lowest BCUT2D eigenvalue weighted by Gasteiger charge is -2.06. The SMILES string of the molecule is CCCCCc1nnnn1C(F)(F)F. The largest absolute Gasteiger partial charge is 0.507 e. The van der Waals surface area contributed by atoms with E-state index in [-0.39, 0.29) is 16.9 Å². The third-order valence-corrected chi connectivity index (χ3v) is 1.78. The quantitative estimate of drug-likeness (QED) is 0.709. The molecule has 0 aliphatic carbocycles. The molecule has 1 heterocycles. The second-order valence-corrected chi connectivity index (χ2v) is 2.93. The van der Waals surface area contributed by atoms with Crippen LogP contribution in [0.1, 0.15) is 32.0 Å². The van der Waals surface area contributed by atoms with Gasteiger partial charge in [-0.15, -0.1) is 23.0 Å². The van der Waals surface area contributed by atoms with Gasteiger partial charge in [-0.05, 0) is 16.8 Å². The van der Waals surface area contributed by atoms with Gasteiger partial charge in [-0.3, -0.25) is 0 Å². The highest BCUT2D eigenvalue weighted by atomic mass is 19.4. The summed E-state index contributed by atoms with van der Waals surface area (Å²) in [5.74, 6) is -0.119. The molecule has 1 rings (SSSR count). The van der Waals surface area contributed by atoms with E-state index < -0.39 is 6.30 Å². The maximum Gasteiger partial charge on any atom is 0.507 e. The zero-order chi connectivity index (χ0) is 10.6. The maximum absolute atomic E-state index is 12.2. The van der Waals surface area contributed by atoms with Gasteiger partial charge in [-0.2, -0.15) is 0 Å². The molecule has 0 aliphatic heterocycles. The van der Waals surface area contributed by atoms with Crippen LogP contribution in [0.3, 0.4) is 0 Å². The van der Waals surface area contributed by atoms with Gasteiger partial charge in [0.2, 0.25) is 0 Å². The summed E-state index contributed by atoms with van der Waals surface area (Å²) < 4.78 is 36.6. The number of aryl methyl sites for hydroxylation is 1. The third kappa shape index (κ3) is 2.68. The van der Waals surface area contributed by atoms with Gasteiger partial charge in [0.15, 0.2) is 5.82 Å². The molecule has 0 saturated heterocycles. The Bertz CT molecular complexity index is 281. The molecule has 1 aromatic heterocycles. The molecule has 0 aromatic carbocycles. The normalized spacial score (nSPS) is 12.0. The topological polar surface area (TPSA) is 43.6 Å². The standard InChI is InChI=1S/C7H11F3N4/c1-2-3-4-5-6-11-12-13-14(6)7(8,9)10/h2-5H2,1H3. The summed E-state index contributed by atoms with van der Waals surface area (Å²) >= 11 is 0. The Kier molecular flexibility index (Phi) is 3.43. The smallest absolute Gasteiger partial charge is 0.149 e. The summed E-state index contributed by atoms with van der Waals surface area (Å²) in [6.45, 7) is 1.98. The fraction of sp³-hybridized carbons (Fsp3) is 0.857. The Morgan fingerprint density at radius 1 is 1.29 bits per heavy atom. The van der Waals surface area contributed by atoms with Crippen molar-refractivity contribution in [3.05, 3.63) is 5.82 Å². The average molecular weight is 208 g/mol. The third-order valence-electron chi connectivity index (χ3n) is 1.78. The summed E-state index contributed by atoms with van der Waals surface area (Å²) in [7, 11) is 0. The molecule has 0 aliphatic rings. The van der Waals surface area contributed by atoms with Crippen LogP contribution in [0.15, 0.2) is 0 Å². The Morgan fingerprint density at radius 2 is 2.00 bits per heavy atom. The lowest BCUT2D eigenvalue weighted by molar-refractivity contribution is -0.214. The molecule has 14 heavy (non-hydrogen) atoms. The van der Waals surface area contributed by atoms with Crippen LogP contribution in [-0.2, 0) is 12.7 Å². The Morgan fingerprint density at radius 3 is 2.57 bits per heavy atom. The minimum atomic E-state index is -4.51. The van der Waals surface area contributed by atoms with Crippen molar-refractivity contribution >= 4 is 0 Å². The van der Waals surface area contributed by atoms with E-state index in [1.54, 1.807) is 0 Å². The monoisotopic (exact) mass is 208 g/mol. The van der Waals surface area contributed by atoms with Crippen molar-refractivity contribution in [3.8, 4) is 0 Å². The van der Waals surface area contributed by atoms with Gasteiger partial charge in [0.1, 0.15) is 0 Å². The number of aromatic nitrogens is 4. The highest BCUT2D eigenvalue weighted by Gasteiger charge is 2.35. The van der Waals surface area contributed by atoms with Crippen molar-refractivity contribution in [2.45, 2.75) is 38.9 Å². The van der Waals surface area contributed by atoms with E-state index in [2.05, 4.69) is 15.5 Å². The van der Waals surface area contributed by atoms with Gasteiger partial charge in [0.05, 0.1) is 0 Å². The summed E-state index contributed by atoms with van der Waals surface area (Å²) in [6.07, 6.45) is -1.74. The molecule has 0 unspecified atom stereocenters. The lowest BCUT2D eigenvalue weighted by atomic mass is 10.2. The number of halogens is 3. The van der Waals surface area contributed by atoms with Gasteiger partial charge >= 0.3 is 6.30 Å². The second-order valence-electron chi connectivity index (χ2n) is 2.93. The van der Waals surface area contributed by atoms with Crippen LogP contribution >= 0.6 is 0 Å². The lowest BCUT2D eigenvalue weighted by Crippen LogP contribution is -2.21. The minimum Gasteiger partial charge on any atom is -0.149 e. The maximum atomic E-state index is 12.2. The molecule has 0 bridgehead atoms. The van der Waals surface area contributed by atoms with Crippen LogP contribution in [0.2, 0.25) is 0 Å². The minimum absolute atomic E-state index is 0.0807. The van der Waals surface area contributed by atoms with E-state index in [9.17, 15) is 13.2 Å². The van der Waals surface area contributed by atoms with Crippen molar-refractivity contribution in [1.29, 1.82) is 0 Å². The fourth-order valence-electron chi connectivity index (χ4n) is 1.09. The van der Waals surface area contributed by atoms with Gasteiger partial charge in [-0.25, -0.2) is 0 Å². The van der Waals surface area contributed by atoms with Crippen LogP contribution in [-0.4, -0.2) is 20.2 Å². The van der Waals surface area contributed by atoms with E-state index in [0.29, 0.717) is 6.42 Å². The zero-order valence-corrected chi connectivity index (χ0v) is 7.75. The fourth-order valence-corrected chi connectivity index (χ4v) is 1.09. The van der Waals surface area contributed by atoms with Gasteiger partial charge in [0.25, 0.3) is 0 Å². The van der Waals surface area contributed by atoms with Crippen molar-refractivity contribution in [3.63, 3.8) is 0 Å². The first-order valence-corrected chi connectivity index (χ1v) is 4.40. The predicted octanol–water partition coefficient (Wildman–Crippen LogP) is 1.88. The van der Waals surface area contributed by atoms with Crippen molar-refractivity contribution < 1.29 is 13.2 Å². The molecule has 0 amide bonds. The van der Waals surface area contributed by atoms with Crippen molar-refractivity contribution in [2.24, 2.45) is 0 Å². The molecule has 0 spiro atoms. The second kappa shape index (κ2) is 4.39. The Labute approximate surface area is 79.1 Å². The summed E-state index contributed by atoms with van der Waals surface area (Å²) in [5, 5.41) is 9.24. The van der Waals surface area contributed by atoms with E-state index >= 15 is 0 Å². The summed E-state index contributed by atoms with van der Waals surface area (Å²) in [5.41, 5.74) is 0. The number of rotatable bonds is 4. The molecule has 7 heteroatoms. The molecular weight excluding hydrogens is 197 g/mol. The highest BCUT2D eigenvalue weighted by molar-refractivity contribution is 4.82. The van der Waals surface area contributed by atoms with Crippen LogP contribution in [0.5, 0.6) is 0 Å². The number of hydrogen-bond donors (Lipinski definition) is 0. The van der Waals surface area contributed by atoms with Crippen LogP contribution < -0.4 is 0 Å². The van der Waals surface area contributed by atoms with Crippen LogP contribution in [0, 0.1) is 0 Å². The Balaban J connectivity index is 2.63. The van der Waals surface area contributed by atoms with E-state index in [4.69, 9.17) is 0 Å². The molecule has 80 valence electrons. The number of unbranched alkanes of at least 4 members (excludes halogenated alkanes) is 2. The first kappa shape index (κ1) is 10.9. The van der Waals surface area contributed by atoms with Gasteiger partial charge in [-0.1, -0.05) is 19.8 Å². The van der Waals surface area contributed by atoms with E-state index in [1.807, 2.05) is 6.92 Å². The number of tetrazole rings is 1. The summed E-state index contributed by atoms with van der Waals surface area (Å²) in [6, 6.07) is 0. The first-order valence-electron chi connectivity index (χ1n) is 4.40. The highest BCUT2D eigenvalue weighted by Crippen LogP contribution is 2.22. The van der Waals surface area contributed by atoms with Crippen molar-refractivity contribution in [1.82, 2.24) is 20.2 Å². The molecule has 0 fully saturated rings. The number of nitrogens with zero attached hydrogens (tertiary/aromatic N) is 4. The molecule has 0 radical (unpaired) electrons. The van der Waals surface area contributed by atoms with E-state index in [1.165, 1.54) is 0 Å². The predicted molar refractivity (Wildman–Crippen MR) is 42.3 cm³/mol. The number of hydrogen-bond acceptors (Lipinski definition) is 3. The molecule has 0 N–H and O–H groups in total. The van der Waals surface area contributed by atoms with Crippen LogP contribution in [0.4, 0.5) is 13.2 Å². The molecule has 4 nitrogen and oxygen atoms in total. The average Bonchev–Trinajstić information content (AvgIpc) is 2.52. The van der Waals surface area contributed by atoms with Gasteiger partial charge < -0.3 is 0 Å². The molecule has 0 saturated carbocycles. The Hall–Kier alpha value is -1.14. The summed E-state index contributed by atoms with van der Waals surface area (Å²) in [4.78, 5) is 0. The van der Waals surface area contributed by atoms with Gasteiger partial charge in [0, 0.05) is 6.42 Å². The molecule has 0 atom stereocenters. The number of alkyl halides is 3. The molecule has 1 aromatic rings. The van der Waals surface area contributed by atoms with Crippen LogP contribution in [0.25, 0.3) is 0 Å². The zero-order valence-electron chi connectivity index (χ0n) is 7.75. The van der Waals surface area contributed by atoms with Crippen molar-refractivity contribution in [2.75, 3.05) is 0 Å². The first-order chi connectivity index (χ1) is 6.55. The molecular formula is C7H11F3N4.